The van der Waals surface area contributed by atoms with Crippen molar-refractivity contribution >= 4 is 44.1 Å². The third kappa shape index (κ3) is 4.76. The molecule has 1 saturated heterocycles. The van der Waals surface area contributed by atoms with Crippen LogP contribution in [0.3, 0.4) is 0 Å². The van der Waals surface area contributed by atoms with Crippen LogP contribution in [-0.2, 0) is 9.59 Å². The first-order valence-corrected chi connectivity index (χ1v) is 13.6. The average Bonchev–Trinajstić information content (AvgIpc) is 3.45. The minimum absolute atomic E-state index is 0.0129. The summed E-state index contributed by atoms with van der Waals surface area (Å²) < 4.78 is 12.0. The summed E-state index contributed by atoms with van der Waals surface area (Å²) in [6.45, 7) is 8.46. The summed E-state index contributed by atoms with van der Waals surface area (Å²) in [6.07, 6.45) is 0.875. The summed E-state index contributed by atoms with van der Waals surface area (Å²) in [5.74, 6) is -0.386. The van der Waals surface area contributed by atoms with E-state index >= 15 is 0 Å². The smallest absolute Gasteiger partial charge is 0.301 e. The molecule has 4 aromatic rings. The zero-order valence-electron chi connectivity index (χ0n) is 22.6. The first kappa shape index (κ1) is 26.4. The van der Waals surface area contributed by atoms with E-state index in [1.165, 1.54) is 16.2 Å². The van der Waals surface area contributed by atoms with Gasteiger partial charge in [-0.2, -0.15) is 0 Å². The molecule has 1 aromatic heterocycles. The maximum Gasteiger partial charge on any atom is 0.301 e. The number of aromatic nitrogens is 1. The monoisotopic (exact) mass is 542 g/mol. The first-order valence-electron chi connectivity index (χ1n) is 12.8. The average molecular weight is 543 g/mol. The SMILES string of the molecule is CCCOc1ccc([C@H]2/C(=C(\O)c3ccc(OC)c(C)c3)C(=O)C(=O)N2c2nc3c(C)cc(C)cc3s2)cc1. The van der Waals surface area contributed by atoms with Gasteiger partial charge in [-0.05, 0) is 85.8 Å². The van der Waals surface area contributed by atoms with Crippen molar-refractivity contribution < 1.29 is 24.2 Å². The van der Waals surface area contributed by atoms with Crippen LogP contribution in [0.4, 0.5) is 5.13 Å². The molecular weight excluding hydrogens is 512 g/mol. The van der Waals surface area contributed by atoms with Crippen molar-refractivity contribution in [1.29, 1.82) is 0 Å². The van der Waals surface area contributed by atoms with Gasteiger partial charge in [-0.15, -0.1) is 0 Å². The van der Waals surface area contributed by atoms with E-state index < -0.39 is 17.7 Å². The Hall–Kier alpha value is -4.17. The van der Waals surface area contributed by atoms with Crippen LogP contribution >= 0.6 is 11.3 Å². The minimum Gasteiger partial charge on any atom is -0.507 e. The highest BCUT2D eigenvalue weighted by molar-refractivity contribution is 7.22. The van der Waals surface area contributed by atoms with Gasteiger partial charge < -0.3 is 14.6 Å². The molecule has 2 heterocycles. The Balaban J connectivity index is 1.69. The molecule has 0 unspecified atom stereocenters. The van der Waals surface area contributed by atoms with E-state index in [0.29, 0.717) is 34.4 Å². The largest absolute Gasteiger partial charge is 0.507 e. The number of rotatable bonds is 7. The summed E-state index contributed by atoms with van der Waals surface area (Å²) in [5.41, 5.74) is 4.76. The molecule has 5 rings (SSSR count). The number of benzene rings is 3. The van der Waals surface area contributed by atoms with E-state index in [0.717, 1.165) is 33.3 Å². The number of methoxy groups -OCH3 is 1. The molecule has 0 aliphatic carbocycles. The molecule has 0 radical (unpaired) electrons. The van der Waals surface area contributed by atoms with Crippen LogP contribution in [0.1, 0.15) is 47.2 Å². The summed E-state index contributed by atoms with van der Waals surface area (Å²) in [4.78, 5) is 33.3. The fourth-order valence-electron chi connectivity index (χ4n) is 4.95. The van der Waals surface area contributed by atoms with Crippen LogP contribution in [0.25, 0.3) is 16.0 Å². The maximum absolute atomic E-state index is 13.6. The molecule has 1 atom stereocenters. The molecule has 200 valence electrons. The molecule has 1 amide bonds. The molecule has 0 spiro atoms. The molecule has 0 saturated carbocycles. The number of aliphatic hydroxyl groups excluding tert-OH is 1. The van der Waals surface area contributed by atoms with Gasteiger partial charge in [0, 0.05) is 5.56 Å². The maximum atomic E-state index is 13.6. The van der Waals surface area contributed by atoms with E-state index in [-0.39, 0.29) is 11.3 Å². The summed E-state index contributed by atoms with van der Waals surface area (Å²) in [6, 6.07) is 15.6. The molecule has 39 heavy (non-hydrogen) atoms. The second-order valence-electron chi connectivity index (χ2n) is 9.70. The number of hydrogen-bond donors (Lipinski definition) is 1. The standard InChI is InChI=1S/C31H30N2O5S/c1-6-13-38-22-10-7-20(8-11-22)27-25(28(34)21-9-12-23(37-5)18(3)16-21)29(35)30(36)33(27)31-32-26-19(4)14-17(2)15-24(26)39-31/h7-12,14-16,27,34H,6,13H2,1-5H3/b28-25+/t27-/m0/s1. The topological polar surface area (TPSA) is 89.0 Å². The van der Waals surface area contributed by atoms with Crippen LogP contribution in [0.15, 0.2) is 60.2 Å². The predicted octanol–water partition coefficient (Wildman–Crippen LogP) is 6.65. The highest BCUT2D eigenvalue weighted by atomic mass is 32.1. The summed E-state index contributed by atoms with van der Waals surface area (Å²) in [5, 5.41) is 11.9. The van der Waals surface area contributed by atoms with E-state index in [4.69, 9.17) is 14.5 Å². The van der Waals surface area contributed by atoms with Gasteiger partial charge in [0.05, 0.1) is 35.5 Å². The number of carbonyl (C=O) groups excluding carboxylic acids is 2. The van der Waals surface area contributed by atoms with E-state index in [9.17, 15) is 14.7 Å². The van der Waals surface area contributed by atoms with Crippen LogP contribution in [0.5, 0.6) is 11.5 Å². The van der Waals surface area contributed by atoms with Gasteiger partial charge in [-0.25, -0.2) is 4.98 Å². The van der Waals surface area contributed by atoms with Crippen LogP contribution in [-0.4, -0.2) is 35.5 Å². The van der Waals surface area contributed by atoms with Crippen molar-refractivity contribution in [3.05, 3.63) is 88.0 Å². The number of fused-ring (bicyclic) bond motifs is 1. The quantitative estimate of drug-likeness (QED) is 0.160. The number of anilines is 1. The predicted molar refractivity (Wildman–Crippen MR) is 154 cm³/mol. The Morgan fingerprint density at radius 1 is 1.03 bits per heavy atom. The van der Waals surface area contributed by atoms with Gasteiger partial charge >= 0.3 is 5.91 Å². The van der Waals surface area contributed by atoms with Gasteiger partial charge in [0.1, 0.15) is 17.3 Å². The lowest BCUT2D eigenvalue weighted by Crippen LogP contribution is -2.29. The van der Waals surface area contributed by atoms with Gasteiger partial charge in [-0.3, -0.25) is 14.5 Å². The number of aliphatic hydroxyl groups is 1. The molecule has 8 heteroatoms. The Labute approximate surface area is 231 Å². The van der Waals surface area contributed by atoms with Crippen molar-refractivity contribution in [2.75, 3.05) is 18.6 Å². The van der Waals surface area contributed by atoms with E-state index in [1.807, 2.05) is 64.1 Å². The third-order valence-electron chi connectivity index (χ3n) is 6.81. The first-order chi connectivity index (χ1) is 18.7. The lowest BCUT2D eigenvalue weighted by atomic mass is 9.95. The summed E-state index contributed by atoms with van der Waals surface area (Å²) >= 11 is 1.35. The number of Topliss-reactive ketones (excluding diaryl/α,β-unsaturated/α-hetero) is 1. The summed E-state index contributed by atoms with van der Waals surface area (Å²) in [7, 11) is 1.57. The number of thiazole rings is 1. The Morgan fingerprint density at radius 3 is 2.44 bits per heavy atom. The van der Waals surface area contributed by atoms with Gasteiger partial charge in [0.25, 0.3) is 5.78 Å². The lowest BCUT2D eigenvalue weighted by Gasteiger charge is -2.23. The molecule has 7 nitrogen and oxygen atoms in total. The second kappa shape index (κ2) is 10.5. The fourth-order valence-corrected chi connectivity index (χ4v) is 6.12. The molecule has 1 aliphatic heterocycles. The van der Waals surface area contributed by atoms with Crippen molar-refractivity contribution in [2.24, 2.45) is 0 Å². The molecule has 1 fully saturated rings. The van der Waals surface area contributed by atoms with Crippen LogP contribution in [0.2, 0.25) is 0 Å². The van der Waals surface area contributed by atoms with E-state index in [1.54, 1.807) is 25.3 Å². The van der Waals surface area contributed by atoms with Gasteiger partial charge in [0.2, 0.25) is 0 Å². The van der Waals surface area contributed by atoms with Gasteiger partial charge in [0.15, 0.2) is 5.13 Å². The van der Waals surface area contributed by atoms with Crippen LogP contribution < -0.4 is 14.4 Å². The van der Waals surface area contributed by atoms with Crippen LogP contribution in [0, 0.1) is 20.8 Å². The molecule has 0 bridgehead atoms. The van der Waals surface area contributed by atoms with E-state index in [2.05, 4.69) is 0 Å². The van der Waals surface area contributed by atoms with Crippen molar-refractivity contribution in [3.63, 3.8) is 0 Å². The van der Waals surface area contributed by atoms with Gasteiger partial charge in [-0.1, -0.05) is 36.5 Å². The normalized spacial score (nSPS) is 16.7. The molecule has 3 aromatic carbocycles. The fraction of sp³-hybridized carbons (Fsp3) is 0.258. The zero-order chi connectivity index (χ0) is 27.8. The minimum atomic E-state index is -0.866. The number of ketones is 1. The Bertz CT molecular complexity index is 1620. The zero-order valence-corrected chi connectivity index (χ0v) is 23.4. The molecule has 1 N–H and O–H groups in total. The number of ether oxygens (including phenoxy) is 2. The Kier molecular flexibility index (Phi) is 7.14. The second-order valence-corrected chi connectivity index (χ2v) is 10.7. The highest BCUT2D eigenvalue weighted by Crippen LogP contribution is 2.45. The number of hydrogen-bond acceptors (Lipinski definition) is 7. The number of carbonyl (C=O) groups is 2. The number of amides is 1. The van der Waals surface area contributed by atoms with Crippen molar-refractivity contribution in [1.82, 2.24) is 4.98 Å². The van der Waals surface area contributed by atoms with Crippen molar-refractivity contribution in [2.45, 2.75) is 40.2 Å². The number of nitrogens with zero attached hydrogens (tertiary/aromatic N) is 2. The molecule has 1 aliphatic rings. The lowest BCUT2D eigenvalue weighted by molar-refractivity contribution is -0.132. The molecular formula is C31H30N2O5S. The van der Waals surface area contributed by atoms with Crippen molar-refractivity contribution in [3.8, 4) is 11.5 Å². The third-order valence-corrected chi connectivity index (χ3v) is 7.81. The highest BCUT2D eigenvalue weighted by Gasteiger charge is 2.48. The Morgan fingerprint density at radius 2 is 1.77 bits per heavy atom. The number of aryl methyl sites for hydroxylation is 3.